The van der Waals surface area contributed by atoms with Crippen LogP contribution >= 0.6 is 0 Å². The van der Waals surface area contributed by atoms with E-state index in [0.717, 1.165) is 11.0 Å². The molecule has 144 valence electrons. The maximum absolute atomic E-state index is 13.1. The highest BCUT2D eigenvalue weighted by Crippen LogP contribution is 2.35. The van der Waals surface area contributed by atoms with Crippen LogP contribution in [0.25, 0.3) is 0 Å². The van der Waals surface area contributed by atoms with Gasteiger partial charge in [-0.05, 0) is 51.2 Å². The van der Waals surface area contributed by atoms with Crippen molar-refractivity contribution < 1.29 is 32.6 Å². The van der Waals surface area contributed by atoms with Crippen molar-refractivity contribution in [1.29, 1.82) is 0 Å². The van der Waals surface area contributed by atoms with E-state index in [4.69, 9.17) is 4.74 Å². The third-order valence-corrected chi connectivity index (χ3v) is 4.12. The zero-order valence-electron chi connectivity index (χ0n) is 14.8. The van der Waals surface area contributed by atoms with E-state index in [-0.39, 0.29) is 24.9 Å². The maximum atomic E-state index is 13.1. The number of nitrogens with zero attached hydrogens (tertiary/aromatic N) is 1. The Morgan fingerprint density at radius 1 is 1.23 bits per heavy atom. The summed E-state index contributed by atoms with van der Waals surface area (Å²) >= 11 is 0. The standard InChI is InChI=1S/C18H22F3NO4/c1-17(2,3)26-16(25)22-10-11(9-14(22)15(23)24)8-12-6-4-5-7-13(12)18(19,20)21/h4-7,11,14H,8-10H2,1-3H3,(H,23,24)/p-1/t11-,14+/m1/s1. The van der Waals surface area contributed by atoms with Crippen LogP contribution in [0.5, 0.6) is 0 Å². The maximum Gasteiger partial charge on any atom is 0.416 e. The van der Waals surface area contributed by atoms with Crippen LogP contribution in [-0.2, 0) is 22.1 Å². The molecule has 1 aliphatic heterocycles. The van der Waals surface area contributed by atoms with Crippen molar-refractivity contribution in [3.8, 4) is 0 Å². The summed E-state index contributed by atoms with van der Waals surface area (Å²) in [5.74, 6) is -1.88. The summed E-state index contributed by atoms with van der Waals surface area (Å²) in [6.45, 7) is 4.93. The molecule has 1 aliphatic rings. The highest BCUT2D eigenvalue weighted by molar-refractivity contribution is 5.79. The van der Waals surface area contributed by atoms with Gasteiger partial charge in [-0.25, -0.2) is 4.79 Å². The Balaban J connectivity index is 2.18. The number of carbonyl (C=O) groups excluding carboxylic acids is 2. The first kappa shape index (κ1) is 20.1. The Hall–Kier alpha value is -2.25. The first-order chi connectivity index (χ1) is 11.9. The van der Waals surface area contributed by atoms with Crippen LogP contribution in [0.3, 0.4) is 0 Å². The summed E-state index contributed by atoms with van der Waals surface area (Å²) in [6.07, 6.45) is -5.27. The number of carbonyl (C=O) groups is 2. The quantitative estimate of drug-likeness (QED) is 0.818. The van der Waals surface area contributed by atoms with Crippen molar-refractivity contribution >= 4 is 12.1 Å². The fraction of sp³-hybridized carbons (Fsp3) is 0.556. The molecular formula is C18H21F3NO4-. The Labute approximate surface area is 149 Å². The topological polar surface area (TPSA) is 69.7 Å². The molecule has 1 heterocycles. The lowest BCUT2D eigenvalue weighted by Gasteiger charge is -2.28. The molecule has 8 heteroatoms. The molecule has 5 nitrogen and oxygen atoms in total. The van der Waals surface area contributed by atoms with Gasteiger partial charge < -0.3 is 14.6 Å². The number of likely N-dealkylation sites (tertiary alicyclic amines) is 1. The monoisotopic (exact) mass is 372 g/mol. The van der Waals surface area contributed by atoms with Gasteiger partial charge in [0.05, 0.1) is 17.6 Å². The highest BCUT2D eigenvalue weighted by atomic mass is 19.4. The average Bonchev–Trinajstić information content (AvgIpc) is 2.89. The molecule has 0 radical (unpaired) electrons. The summed E-state index contributed by atoms with van der Waals surface area (Å²) in [6, 6.07) is 3.95. The van der Waals surface area contributed by atoms with Gasteiger partial charge in [-0.15, -0.1) is 0 Å². The van der Waals surface area contributed by atoms with Crippen molar-refractivity contribution in [3.05, 3.63) is 35.4 Å². The molecule has 0 spiro atoms. The molecule has 0 unspecified atom stereocenters. The SMILES string of the molecule is CC(C)(C)OC(=O)N1C[C@H](Cc2ccccc2C(F)(F)F)C[C@H]1C(=O)[O-]. The van der Waals surface area contributed by atoms with E-state index in [0.29, 0.717) is 0 Å². The molecule has 0 aromatic heterocycles. The van der Waals surface area contributed by atoms with E-state index in [1.165, 1.54) is 18.2 Å². The molecule has 26 heavy (non-hydrogen) atoms. The van der Waals surface area contributed by atoms with Gasteiger partial charge >= 0.3 is 12.3 Å². The number of carboxylic acids is 1. The Morgan fingerprint density at radius 2 is 1.85 bits per heavy atom. The van der Waals surface area contributed by atoms with Crippen molar-refractivity contribution in [3.63, 3.8) is 0 Å². The Bertz CT molecular complexity index is 682. The summed E-state index contributed by atoms with van der Waals surface area (Å²) in [5, 5.41) is 11.4. The van der Waals surface area contributed by atoms with Gasteiger partial charge in [-0.1, -0.05) is 18.2 Å². The number of amides is 1. The van der Waals surface area contributed by atoms with Crippen LogP contribution in [0.15, 0.2) is 24.3 Å². The molecule has 0 aliphatic carbocycles. The third kappa shape index (κ3) is 4.89. The van der Waals surface area contributed by atoms with E-state index in [1.807, 2.05) is 0 Å². The molecule has 2 atom stereocenters. The minimum Gasteiger partial charge on any atom is -0.548 e. The minimum atomic E-state index is -4.49. The van der Waals surface area contributed by atoms with Gasteiger partial charge in [0.15, 0.2) is 0 Å². The number of benzene rings is 1. The molecule has 1 fully saturated rings. The largest absolute Gasteiger partial charge is 0.548 e. The Morgan fingerprint density at radius 3 is 2.38 bits per heavy atom. The van der Waals surface area contributed by atoms with Crippen LogP contribution in [0, 0.1) is 5.92 Å². The second-order valence-corrected chi connectivity index (χ2v) is 7.43. The first-order valence-electron chi connectivity index (χ1n) is 8.24. The van der Waals surface area contributed by atoms with E-state index in [1.54, 1.807) is 20.8 Å². The molecule has 1 amide bonds. The van der Waals surface area contributed by atoms with Crippen molar-refractivity contribution in [1.82, 2.24) is 4.90 Å². The van der Waals surface area contributed by atoms with Crippen molar-refractivity contribution in [2.45, 2.75) is 51.4 Å². The number of carboxylic acid groups (broad SMARTS) is 1. The summed E-state index contributed by atoms with van der Waals surface area (Å²) < 4.78 is 44.6. The van der Waals surface area contributed by atoms with Crippen molar-refractivity contribution in [2.24, 2.45) is 5.92 Å². The third-order valence-electron chi connectivity index (χ3n) is 4.12. The van der Waals surface area contributed by atoms with Crippen LogP contribution in [0.4, 0.5) is 18.0 Å². The van der Waals surface area contributed by atoms with Crippen LogP contribution in [-0.4, -0.2) is 35.2 Å². The predicted octanol–water partition coefficient (Wildman–Crippen LogP) is 2.62. The molecule has 1 saturated heterocycles. The molecule has 1 aromatic rings. The number of hydrogen-bond acceptors (Lipinski definition) is 4. The zero-order valence-corrected chi connectivity index (χ0v) is 14.8. The minimum absolute atomic E-state index is 0.000247. The lowest BCUT2D eigenvalue weighted by Crippen LogP contribution is -2.48. The van der Waals surface area contributed by atoms with Crippen LogP contribution in [0.2, 0.25) is 0 Å². The average molecular weight is 372 g/mol. The van der Waals surface area contributed by atoms with Gasteiger partial charge in [0.25, 0.3) is 0 Å². The normalized spacial score (nSPS) is 20.9. The zero-order chi connectivity index (χ0) is 19.7. The Kier molecular flexibility index (Phi) is 5.53. The lowest BCUT2D eigenvalue weighted by atomic mass is 9.93. The fourth-order valence-electron chi connectivity index (χ4n) is 3.10. The fourth-order valence-corrected chi connectivity index (χ4v) is 3.10. The van der Waals surface area contributed by atoms with E-state index >= 15 is 0 Å². The lowest BCUT2D eigenvalue weighted by molar-refractivity contribution is -0.310. The highest BCUT2D eigenvalue weighted by Gasteiger charge is 2.40. The van der Waals surface area contributed by atoms with Gasteiger partial charge in [-0.3, -0.25) is 4.90 Å². The first-order valence-corrected chi connectivity index (χ1v) is 8.24. The van der Waals surface area contributed by atoms with Gasteiger partial charge in [0, 0.05) is 6.54 Å². The van der Waals surface area contributed by atoms with Crippen LogP contribution in [0.1, 0.15) is 38.3 Å². The summed E-state index contributed by atoms with van der Waals surface area (Å²) in [5.41, 5.74) is -1.48. The molecule has 1 aromatic carbocycles. The molecule has 2 rings (SSSR count). The predicted molar refractivity (Wildman–Crippen MR) is 85.0 cm³/mol. The number of rotatable bonds is 3. The second kappa shape index (κ2) is 7.17. The number of hydrogen-bond donors (Lipinski definition) is 0. The summed E-state index contributed by atoms with van der Waals surface area (Å²) in [4.78, 5) is 24.6. The van der Waals surface area contributed by atoms with Crippen LogP contribution < -0.4 is 5.11 Å². The molecular weight excluding hydrogens is 351 g/mol. The van der Waals surface area contributed by atoms with Gasteiger partial charge in [0.2, 0.25) is 0 Å². The molecule has 0 saturated carbocycles. The summed E-state index contributed by atoms with van der Waals surface area (Å²) in [7, 11) is 0. The molecule has 0 N–H and O–H groups in total. The van der Waals surface area contributed by atoms with E-state index in [2.05, 4.69) is 0 Å². The van der Waals surface area contributed by atoms with E-state index < -0.39 is 41.4 Å². The second-order valence-electron chi connectivity index (χ2n) is 7.43. The number of ether oxygens (including phenoxy) is 1. The number of aliphatic carboxylic acids is 1. The molecule has 0 bridgehead atoms. The van der Waals surface area contributed by atoms with Gasteiger partial charge in [-0.2, -0.15) is 13.2 Å². The number of halogens is 3. The van der Waals surface area contributed by atoms with E-state index in [9.17, 15) is 27.9 Å². The van der Waals surface area contributed by atoms with Gasteiger partial charge in [0.1, 0.15) is 5.60 Å². The number of alkyl halides is 3. The smallest absolute Gasteiger partial charge is 0.416 e. The van der Waals surface area contributed by atoms with Crippen molar-refractivity contribution in [2.75, 3.05) is 6.54 Å².